The van der Waals surface area contributed by atoms with Crippen LogP contribution in [0.4, 0.5) is 23.5 Å². The number of amides is 1. The van der Waals surface area contributed by atoms with E-state index < -0.39 is 0 Å². The number of aliphatic hydroxyl groups is 1. The maximum atomic E-state index is 12.3. The number of carbonyl (C=O) groups excluding carboxylic acids is 1. The smallest absolute Gasteiger partial charge is 0.233 e. The van der Waals surface area contributed by atoms with E-state index in [1.54, 1.807) is 0 Å². The zero-order chi connectivity index (χ0) is 29.4. The standard InChI is InChI=1S/C30H42N8O4/c31-14-16-41-18-19-42-17-15-32-27(40)20-22-6-8-24(9-7-22)34-29-36-28(33-21-23-4-2-1-3-5-23)37-30(38-29)35-25-10-12-26(39)13-11-25/h1-9,25-26,39H,10-21,31H2,(H,32,40)(H3,33,34,35,36,37,38). The molecule has 1 amide bonds. The lowest BCUT2D eigenvalue weighted by atomic mass is 9.93. The number of aromatic nitrogens is 3. The number of ether oxygens (including phenoxy) is 2. The summed E-state index contributed by atoms with van der Waals surface area (Å²) in [5.41, 5.74) is 8.15. The first kappa shape index (κ1) is 31.1. The number of nitrogens with one attached hydrogen (secondary N) is 4. The second kappa shape index (κ2) is 17.2. The van der Waals surface area contributed by atoms with Crippen molar-refractivity contribution in [2.45, 2.75) is 50.8 Å². The molecule has 1 heterocycles. The van der Waals surface area contributed by atoms with Crippen LogP contribution in [0, 0.1) is 0 Å². The van der Waals surface area contributed by atoms with Crippen LogP contribution in [0.5, 0.6) is 0 Å². The molecule has 0 bridgehead atoms. The molecule has 0 aliphatic heterocycles. The molecule has 0 atom stereocenters. The fourth-order valence-electron chi connectivity index (χ4n) is 4.51. The van der Waals surface area contributed by atoms with Crippen LogP contribution in [0.15, 0.2) is 54.6 Å². The fourth-order valence-corrected chi connectivity index (χ4v) is 4.51. The molecule has 0 radical (unpaired) electrons. The zero-order valence-electron chi connectivity index (χ0n) is 23.9. The number of anilines is 4. The summed E-state index contributed by atoms with van der Waals surface area (Å²) in [5, 5.41) is 22.7. The van der Waals surface area contributed by atoms with Crippen LogP contribution in [-0.2, 0) is 27.2 Å². The van der Waals surface area contributed by atoms with Gasteiger partial charge in [-0.05, 0) is 48.9 Å². The summed E-state index contributed by atoms with van der Waals surface area (Å²) in [6, 6.07) is 17.8. The van der Waals surface area contributed by atoms with Crippen molar-refractivity contribution < 1.29 is 19.4 Å². The monoisotopic (exact) mass is 578 g/mol. The van der Waals surface area contributed by atoms with Crippen molar-refractivity contribution in [2.75, 3.05) is 55.5 Å². The van der Waals surface area contributed by atoms with Crippen molar-refractivity contribution in [3.8, 4) is 0 Å². The Hall–Kier alpha value is -3.84. The van der Waals surface area contributed by atoms with Gasteiger partial charge in [-0.2, -0.15) is 15.0 Å². The summed E-state index contributed by atoms with van der Waals surface area (Å²) < 4.78 is 10.7. The molecule has 1 aromatic heterocycles. The van der Waals surface area contributed by atoms with Crippen LogP contribution < -0.4 is 27.0 Å². The van der Waals surface area contributed by atoms with Gasteiger partial charge in [0.15, 0.2) is 0 Å². The Morgan fingerprint density at radius 2 is 1.52 bits per heavy atom. The maximum Gasteiger partial charge on any atom is 0.233 e. The second-order valence-electron chi connectivity index (χ2n) is 10.2. The number of nitrogens with zero attached hydrogens (tertiary/aromatic N) is 3. The average Bonchev–Trinajstić information content (AvgIpc) is 3.00. The molecule has 1 fully saturated rings. The van der Waals surface area contributed by atoms with Crippen LogP contribution in [0.25, 0.3) is 0 Å². The quantitative estimate of drug-likeness (QED) is 0.130. The van der Waals surface area contributed by atoms with E-state index >= 15 is 0 Å². The van der Waals surface area contributed by atoms with E-state index in [1.165, 1.54) is 0 Å². The van der Waals surface area contributed by atoms with E-state index in [2.05, 4.69) is 36.2 Å². The average molecular weight is 579 g/mol. The number of aliphatic hydroxyl groups excluding tert-OH is 1. The first-order chi connectivity index (χ1) is 20.6. The largest absolute Gasteiger partial charge is 0.393 e. The van der Waals surface area contributed by atoms with Gasteiger partial charge in [-0.15, -0.1) is 0 Å². The number of benzene rings is 2. The van der Waals surface area contributed by atoms with E-state index in [9.17, 15) is 9.90 Å². The number of rotatable bonds is 17. The molecule has 42 heavy (non-hydrogen) atoms. The predicted octanol–water partition coefficient (Wildman–Crippen LogP) is 2.59. The minimum absolute atomic E-state index is 0.0729. The van der Waals surface area contributed by atoms with Crippen LogP contribution in [0.2, 0.25) is 0 Å². The molecular weight excluding hydrogens is 536 g/mol. The molecule has 226 valence electrons. The molecule has 1 saturated carbocycles. The van der Waals surface area contributed by atoms with Gasteiger partial charge in [-0.25, -0.2) is 0 Å². The van der Waals surface area contributed by atoms with E-state index in [-0.39, 0.29) is 24.5 Å². The SMILES string of the molecule is NCCOCCOCCNC(=O)Cc1ccc(Nc2nc(NCc3ccccc3)nc(NC3CCC(O)CC3)n2)cc1. The normalized spacial score (nSPS) is 16.5. The van der Waals surface area contributed by atoms with E-state index in [0.717, 1.165) is 42.5 Å². The molecule has 2 aromatic carbocycles. The van der Waals surface area contributed by atoms with Crippen LogP contribution in [-0.4, -0.2) is 77.6 Å². The second-order valence-corrected chi connectivity index (χ2v) is 10.2. The summed E-state index contributed by atoms with van der Waals surface area (Å²) >= 11 is 0. The Balaban J connectivity index is 1.30. The lowest BCUT2D eigenvalue weighted by molar-refractivity contribution is -0.120. The Kier molecular flexibility index (Phi) is 12.7. The number of hydrogen-bond acceptors (Lipinski definition) is 11. The number of carbonyl (C=O) groups is 1. The van der Waals surface area contributed by atoms with E-state index in [4.69, 9.17) is 15.2 Å². The van der Waals surface area contributed by atoms with Gasteiger partial charge in [0.2, 0.25) is 23.8 Å². The molecular formula is C30H42N8O4. The molecule has 0 unspecified atom stereocenters. The van der Waals surface area contributed by atoms with Gasteiger partial charge < -0.3 is 41.6 Å². The highest BCUT2D eigenvalue weighted by atomic mass is 16.5. The summed E-state index contributed by atoms with van der Waals surface area (Å²) in [6.45, 7) is 3.41. The molecule has 12 heteroatoms. The predicted molar refractivity (Wildman–Crippen MR) is 163 cm³/mol. The van der Waals surface area contributed by atoms with Gasteiger partial charge in [0.1, 0.15) is 0 Å². The lowest BCUT2D eigenvalue weighted by Crippen LogP contribution is -2.29. The van der Waals surface area contributed by atoms with Crippen molar-refractivity contribution in [1.29, 1.82) is 0 Å². The van der Waals surface area contributed by atoms with Crippen molar-refractivity contribution in [3.05, 3.63) is 65.7 Å². The van der Waals surface area contributed by atoms with E-state index in [0.29, 0.717) is 63.9 Å². The van der Waals surface area contributed by atoms with Crippen molar-refractivity contribution in [3.63, 3.8) is 0 Å². The van der Waals surface area contributed by atoms with Crippen LogP contribution in [0.1, 0.15) is 36.8 Å². The summed E-state index contributed by atoms with van der Waals surface area (Å²) in [5.74, 6) is 1.26. The summed E-state index contributed by atoms with van der Waals surface area (Å²) in [6.07, 6.45) is 3.26. The Morgan fingerprint density at radius 3 is 2.26 bits per heavy atom. The highest BCUT2D eigenvalue weighted by Crippen LogP contribution is 2.23. The van der Waals surface area contributed by atoms with Crippen LogP contribution in [0.3, 0.4) is 0 Å². The Morgan fingerprint density at radius 1 is 0.833 bits per heavy atom. The molecule has 3 aromatic rings. The molecule has 7 N–H and O–H groups in total. The highest BCUT2D eigenvalue weighted by molar-refractivity contribution is 5.78. The summed E-state index contributed by atoms with van der Waals surface area (Å²) in [7, 11) is 0. The third kappa shape index (κ3) is 11.2. The van der Waals surface area contributed by atoms with Gasteiger partial charge in [-0.1, -0.05) is 42.5 Å². The molecule has 0 saturated heterocycles. The fraction of sp³-hybridized carbons (Fsp3) is 0.467. The van der Waals surface area contributed by atoms with Gasteiger partial charge >= 0.3 is 0 Å². The number of nitrogens with two attached hydrogens (primary N) is 1. The Labute approximate surface area is 246 Å². The molecule has 0 spiro atoms. The highest BCUT2D eigenvalue weighted by Gasteiger charge is 2.20. The maximum absolute atomic E-state index is 12.3. The van der Waals surface area contributed by atoms with Gasteiger partial charge in [0.05, 0.1) is 39.0 Å². The minimum atomic E-state index is -0.234. The van der Waals surface area contributed by atoms with Gasteiger partial charge in [-0.3, -0.25) is 4.79 Å². The molecule has 4 rings (SSSR count). The van der Waals surface area contributed by atoms with Gasteiger partial charge in [0, 0.05) is 31.4 Å². The third-order valence-electron chi connectivity index (χ3n) is 6.74. The molecule has 1 aliphatic carbocycles. The molecule has 1 aliphatic rings. The van der Waals surface area contributed by atoms with Crippen molar-refractivity contribution in [2.24, 2.45) is 5.73 Å². The minimum Gasteiger partial charge on any atom is -0.393 e. The third-order valence-corrected chi connectivity index (χ3v) is 6.74. The first-order valence-electron chi connectivity index (χ1n) is 14.5. The Bertz CT molecular complexity index is 1210. The first-order valence-corrected chi connectivity index (χ1v) is 14.5. The lowest BCUT2D eigenvalue weighted by Gasteiger charge is -2.26. The van der Waals surface area contributed by atoms with Crippen LogP contribution >= 0.6 is 0 Å². The number of hydrogen-bond donors (Lipinski definition) is 6. The molecule has 12 nitrogen and oxygen atoms in total. The van der Waals surface area contributed by atoms with E-state index in [1.807, 2.05) is 54.6 Å². The van der Waals surface area contributed by atoms with Crippen molar-refractivity contribution in [1.82, 2.24) is 20.3 Å². The summed E-state index contributed by atoms with van der Waals surface area (Å²) in [4.78, 5) is 26.1. The zero-order valence-corrected chi connectivity index (χ0v) is 23.9. The topological polar surface area (TPSA) is 169 Å². The van der Waals surface area contributed by atoms with Gasteiger partial charge in [0.25, 0.3) is 0 Å². The van der Waals surface area contributed by atoms with Crippen molar-refractivity contribution >= 4 is 29.4 Å².